The third-order valence-electron chi connectivity index (χ3n) is 8.30. The Morgan fingerprint density at radius 2 is 1.49 bits per heavy atom. The number of rotatable bonds is 17. The van der Waals surface area contributed by atoms with Gasteiger partial charge in [0.25, 0.3) is 0 Å². The first-order valence-electron chi connectivity index (χ1n) is 16.7. The van der Waals surface area contributed by atoms with Gasteiger partial charge < -0.3 is 68.2 Å². The lowest BCUT2D eigenvalue weighted by Crippen LogP contribution is -2.60. The summed E-state index contributed by atoms with van der Waals surface area (Å²) in [7, 11) is 0. The molecule has 0 saturated carbocycles. The zero-order valence-corrected chi connectivity index (χ0v) is 28.1. The quantitative estimate of drug-likeness (QED) is 0.0385. The molecule has 1 saturated heterocycles. The van der Waals surface area contributed by atoms with Gasteiger partial charge in [-0.1, -0.05) is 18.2 Å². The largest absolute Gasteiger partial charge is 0.484 e. The molecule has 278 valence electrons. The average Bonchev–Trinajstić information content (AvgIpc) is 3.49. The molecule has 0 bridgehead atoms. The molecule has 17 heteroatoms. The molecule has 51 heavy (non-hydrogen) atoms. The van der Waals surface area contributed by atoms with E-state index >= 15 is 0 Å². The SMILES string of the molecule is NC(N)=NCCCCNC(=O)C=Cc1ccc2c(c1)[C@@H](C(=O)NCCCCN=C(N)N)[C@H](c1ccc(O[C@@H]3O[C@H](CO)[C@@H](O)[C@H](O)[C@H]3O)cc1)O2. The number of guanidine groups is 2. The van der Waals surface area contributed by atoms with Crippen LogP contribution in [-0.4, -0.2) is 108 Å². The van der Waals surface area contributed by atoms with Crippen molar-refractivity contribution in [1.82, 2.24) is 10.6 Å². The highest BCUT2D eigenvalue weighted by Crippen LogP contribution is 2.47. The van der Waals surface area contributed by atoms with Crippen molar-refractivity contribution in [3.8, 4) is 11.5 Å². The highest BCUT2D eigenvalue weighted by atomic mass is 16.7. The lowest BCUT2D eigenvalue weighted by molar-refractivity contribution is -0.277. The van der Waals surface area contributed by atoms with Gasteiger partial charge in [0.15, 0.2) is 11.9 Å². The van der Waals surface area contributed by atoms with E-state index in [9.17, 15) is 30.0 Å². The molecular formula is C34H48N8O9. The van der Waals surface area contributed by atoms with Crippen molar-refractivity contribution in [3.05, 3.63) is 65.2 Å². The summed E-state index contributed by atoms with van der Waals surface area (Å²) >= 11 is 0. The van der Waals surface area contributed by atoms with Gasteiger partial charge in [0, 0.05) is 37.8 Å². The van der Waals surface area contributed by atoms with Crippen LogP contribution in [0, 0.1) is 0 Å². The Morgan fingerprint density at radius 3 is 2.12 bits per heavy atom. The molecule has 14 N–H and O–H groups in total. The van der Waals surface area contributed by atoms with Gasteiger partial charge in [-0.2, -0.15) is 0 Å². The molecular weight excluding hydrogens is 664 g/mol. The van der Waals surface area contributed by atoms with Gasteiger partial charge in [0.1, 0.15) is 47.9 Å². The maximum Gasteiger partial charge on any atom is 0.243 e. The number of benzene rings is 2. The molecule has 0 unspecified atom stereocenters. The molecule has 4 rings (SSSR count). The fourth-order valence-corrected chi connectivity index (χ4v) is 5.62. The number of fused-ring (bicyclic) bond motifs is 1. The number of unbranched alkanes of at least 4 members (excludes halogenated alkanes) is 2. The van der Waals surface area contributed by atoms with Gasteiger partial charge in [0.2, 0.25) is 18.1 Å². The maximum atomic E-state index is 13.7. The number of amides is 2. The van der Waals surface area contributed by atoms with Gasteiger partial charge in [0.05, 0.1) is 6.61 Å². The van der Waals surface area contributed by atoms with Crippen LogP contribution in [0.5, 0.6) is 11.5 Å². The summed E-state index contributed by atoms with van der Waals surface area (Å²) in [5.74, 6) is -0.466. The highest BCUT2D eigenvalue weighted by Gasteiger charge is 2.45. The first-order valence-corrected chi connectivity index (χ1v) is 16.7. The van der Waals surface area contributed by atoms with Crippen molar-refractivity contribution in [2.24, 2.45) is 32.9 Å². The zero-order valence-electron chi connectivity index (χ0n) is 28.1. The van der Waals surface area contributed by atoms with E-state index in [1.165, 1.54) is 6.08 Å². The van der Waals surface area contributed by atoms with Crippen molar-refractivity contribution < 1.29 is 44.2 Å². The second kappa shape index (κ2) is 18.9. The van der Waals surface area contributed by atoms with Gasteiger partial charge in [-0.3, -0.25) is 19.6 Å². The van der Waals surface area contributed by atoms with E-state index in [4.69, 9.17) is 37.1 Å². The Labute approximate surface area is 295 Å². The van der Waals surface area contributed by atoms with E-state index in [2.05, 4.69) is 20.6 Å². The summed E-state index contributed by atoms with van der Waals surface area (Å²) in [5, 5.41) is 45.8. The number of aliphatic hydroxyl groups is 4. The van der Waals surface area contributed by atoms with Gasteiger partial charge in [-0.15, -0.1) is 0 Å². The van der Waals surface area contributed by atoms with Crippen LogP contribution in [0.2, 0.25) is 0 Å². The normalized spacial score (nSPS) is 23.9. The minimum absolute atomic E-state index is 0.00745. The van der Waals surface area contributed by atoms with Crippen LogP contribution in [0.1, 0.15) is 54.4 Å². The first kappa shape index (κ1) is 38.9. The van der Waals surface area contributed by atoms with E-state index in [-0.39, 0.29) is 29.5 Å². The number of nitrogens with two attached hydrogens (primary N) is 4. The Balaban J connectivity index is 1.46. The number of carbonyl (C=O) groups is 2. The van der Waals surface area contributed by atoms with Crippen LogP contribution >= 0.6 is 0 Å². The van der Waals surface area contributed by atoms with Gasteiger partial charge in [-0.25, -0.2) is 0 Å². The molecule has 2 amide bonds. The summed E-state index contributed by atoms with van der Waals surface area (Å²) in [6.45, 7) is 1.18. The van der Waals surface area contributed by atoms with Crippen LogP contribution in [0.15, 0.2) is 58.5 Å². The van der Waals surface area contributed by atoms with Crippen molar-refractivity contribution in [2.75, 3.05) is 32.8 Å². The standard InChI is InChI=1S/C34H48N8O9/c35-33(36)41-15-3-1-13-39-25(44)12-6-19-5-11-23-22(17-19)26(31(48)40-14-2-4-16-42-34(37)38)30(50-23)20-7-9-21(10-8-20)49-32-29(47)28(46)27(45)24(18-43)51-32/h5-12,17,24,26-30,32,43,45-47H,1-4,13-16,18H2,(H,39,44)(H,40,48)(H4,35,36,41)(H4,37,38,42)/t24-,26-,27-,28+,29-,30+,32-/m1/s1. The number of aliphatic hydroxyl groups excluding tert-OH is 4. The fourth-order valence-electron chi connectivity index (χ4n) is 5.62. The van der Waals surface area contributed by atoms with E-state index in [0.29, 0.717) is 67.9 Å². The number of aliphatic imine (C=N–C) groups is 2. The van der Waals surface area contributed by atoms with Crippen LogP contribution in [0.3, 0.4) is 0 Å². The summed E-state index contributed by atoms with van der Waals surface area (Å²) in [6, 6.07) is 11.9. The molecule has 0 aromatic heterocycles. The molecule has 2 aliphatic heterocycles. The predicted molar refractivity (Wildman–Crippen MR) is 188 cm³/mol. The zero-order chi connectivity index (χ0) is 36.9. The monoisotopic (exact) mass is 712 g/mol. The van der Waals surface area contributed by atoms with Crippen LogP contribution < -0.4 is 43.0 Å². The van der Waals surface area contributed by atoms with Crippen LogP contribution in [0.4, 0.5) is 0 Å². The Bertz CT molecular complexity index is 1540. The molecule has 0 radical (unpaired) electrons. The number of nitrogens with zero attached hydrogens (tertiary/aromatic N) is 2. The fraction of sp³-hybridized carbons (Fsp3) is 0.471. The van der Waals surface area contributed by atoms with Crippen molar-refractivity contribution in [3.63, 3.8) is 0 Å². The van der Waals surface area contributed by atoms with Gasteiger partial charge >= 0.3 is 0 Å². The molecule has 0 aliphatic carbocycles. The van der Waals surface area contributed by atoms with Crippen molar-refractivity contribution in [1.29, 1.82) is 0 Å². The third kappa shape index (κ3) is 11.0. The molecule has 2 heterocycles. The number of nitrogens with one attached hydrogen (secondary N) is 2. The number of hydrogen-bond donors (Lipinski definition) is 10. The van der Waals surface area contributed by atoms with E-state index < -0.39 is 49.3 Å². The summed E-state index contributed by atoms with van der Waals surface area (Å²) < 4.78 is 17.5. The maximum absolute atomic E-state index is 13.7. The highest BCUT2D eigenvalue weighted by molar-refractivity contribution is 5.92. The minimum Gasteiger partial charge on any atom is -0.484 e. The van der Waals surface area contributed by atoms with Crippen molar-refractivity contribution >= 4 is 29.8 Å². The van der Waals surface area contributed by atoms with Crippen molar-refractivity contribution in [2.45, 2.75) is 68.4 Å². The topological polar surface area (TPSA) is 296 Å². The lowest BCUT2D eigenvalue weighted by atomic mass is 9.89. The van der Waals surface area contributed by atoms with E-state index in [0.717, 1.165) is 6.42 Å². The van der Waals surface area contributed by atoms with Crippen LogP contribution in [0.25, 0.3) is 6.08 Å². The number of carbonyl (C=O) groups excluding carboxylic acids is 2. The van der Waals surface area contributed by atoms with Gasteiger partial charge in [-0.05, 0) is 67.2 Å². The smallest absolute Gasteiger partial charge is 0.243 e. The summed E-state index contributed by atoms with van der Waals surface area (Å²) in [4.78, 5) is 34.0. The lowest BCUT2D eigenvalue weighted by Gasteiger charge is -2.39. The predicted octanol–water partition coefficient (Wildman–Crippen LogP) is -1.56. The molecule has 1 fully saturated rings. The second-order valence-electron chi connectivity index (χ2n) is 12.1. The number of ether oxygens (including phenoxy) is 3. The second-order valence-corrected chi connectivity index (χ2v) is 12.1. The Morgan fingerprint density at radius 1 is 0.843 bits per heavy atom. The van der Waals surface area contributed by atoms with Crippen LogP contribution in [-0.2, 0) is 14.3 Å². The molecule has 2 aliphatic rings. The molecule has 2 aromatic carbocycles. The minimum atomic E-state index is -1.58. The Hall–Kier alpha value is -4.94. The van der Waals surface area contributed by atoms with E-state index in [1.54, 1.807) is 42.5 Å². The Kier molecular flexibility index (Phi) is 14.4. The molecule has 17 nitrogen and oxygen atoms in total. The average molecular weight is 713 g/mol. The van der Waals surface area contributed by atoms with E-state index in [1.807, 2.05) is 6.07 Å². The first-order chi connectivity index (χ1) is 24.5. The summed E-state index contributed by atoms with van der Waals surface area (Å²) in [5.41, 5.74) is 23.4. The molecule has 0 spiro atoms. The molecule has 2 aromatic rings. The third-order valence-corrected chi connectivity index (χ3v) is 8.30. The molecule has 7 atom stereocenters. The number of hydrogen-bond acceptors (Lipinski definition) is 11. The summed E-state index contributed by atoms with van der Waals surface area (Å²) in [6.07, 6.45) is -2.03.